The topological polar surface area (TPSA) is 68.3 Å². The third-order valence-electron chi connectivity index (χ3n) is 1.91. The van der Waals surface area contributed by atoms with E-state index < -0.39 is 17.9 Å². The molecule has 0 aliphatic carbocycles. The highest BCUT2D eigenvalue weighted by Gasteiger charge is 2.18. The summed E-state index contributed by atoms with van der Waals surface area (Å²) in [7, 11) is 1.25. The van der Waals surface area contributed by atoms with Gasteiger partial charge in [0.05, 0.1) is 17.7 Å². The Morgan fingerprint density at radius 1 is 1.56 bits per heavy atom. The van der Waals surface area contributed by atoms with E-state index in [0.29, 0.717) is 0 Å². The van der Waals surface area contributed by atoms with Gasteiger partial charge in [0.15, 0.2) is 0 Å². The number of amides is 1. The van der Waals surface area contributed by atoms with E-state index in [4.69, 9.17) is 11.6 Å². The van der Waals surface area contributed by atoms with Gasteiger partial charge in [-0.25, -0.2) is 4.79 Å². The molecule has 1 heterocycles. The van der Waals surface area contributed by atoms with Gasteiger partial charge in [-0.15, -0.1) is 0 Å². The fourth-order valence-corrected chi connectivity index (χ4v) is 1.25. The Hall–Kier alpha value is -1.62. The number of esters is 1. The average molecular weight is 243 g/mol. The Bertz CT molecular complexity index is 409. The Balaban J connectivity index is 2.73. The van der Waals surface area contributed by atoms with Crippen molar-refractivity contribution in [3.8, 4) is 0 Å². The minimum atomic E-state index is -0.728. The summed E-state index contributed by atoms with van der Waals surface area (Å²) >= 11 is 5.80. The summed E-state index contributed by atoms with van der Waals surface area (Å²) in [6, 6.07) is 0.771. The Morgan fingerprint density at radius 3 is 2.81 bits per heavy atom. The van der Waals surface area contributed by atoms with Crippen LogP contribution in [-0.4, -0.2) is 30.0 Å². The molecular weight excluding hydrogens is 232 g/mol. The molecule has 5 nitrogen and oxygen atoms in total. The molecule has 0 aromatic carbocycles. The average Bonchev–Trinajstić information content (AvgIpc) is 2.28. The Labute approximate surface area is 97.8 Å². The van der Waals surface area contributed by atoms with Gasteiger partial charge in [-0.05, 0) is 13.0 Å². The van der Waals surface area contributed by atoms with E-state index in [1.807, 2.05) is 0 Å². The lowest BCUT2D eigenvalue weighted by molar-refractivity contribution is -0.142. The van der Waals surface area contributed by atoms with Crippen molar-refractivity contribution in [1.29, 1.82) is 0 Å². The fourth-order valence-electron chi connectivity index (χ4n) is 1.05. The molecule has 86 valence electrons. The van der Waals surface area contributed by atoms with Crippen LogP contribution in [0.2, 0.25) is 5.02 Å². The maximum absolute atomic E-state index is 11.7. The molecule has 0 aliphatic rings. The van der Waals surface area contributed by atoms with Crippen LogP contribution in [0.5, 0.6) is 0 Å². The van der Waals surface area contributed by atoms with Gasteiger partial charge < -0.3 is 10.1 Å². The van der Waals surface area contributed by atoms with Gasteiger partial charge in [-0.1, -0.05) is 11.6 Å². The number of halogens is 1. The van der Waals surface area contributed by atoms with Crippen LogP contribution in [0.3, 0.4) is 0 Å². The number of hydrogen-bond donors (Lipinski definition) is 1. The largest absolute Gasteiger partial charge is 0.467 e. The third-order valence-corrected chi connectivity index (χ3v) is 2.24. The van der Waals surface area contributed by atoms with E-state index in [0.717, 1.165) is 0 Å². The van der Waals surface area contributed by atoms with Crippen molar-refractivity contribution in [2.45, 2.75) is 13.0 Å². The van der Waals surface area contributed by atoms with E-state index in [1.54, 1.807) is 0 Å². The molecule has 1 aromatic heterocycles. The molecule has 0 spiro atoms. The van der Waals surface area contributed by atoms with Gasteiger partial charge in [0.1, 0.15) is 6.04 Å². The molecule has 1 unspecified atom stereocenters. The minimum Gasteiger partial charge on any atom is -0.467 e. The Morgan fingerprint density at radius 2 is 2.25 bits per heavy atom. The SMILES string of the molecule is COC(=O)C(C)NC(=O)c1cnccc1Cl. The molecule has 0 saturated heterocycles. The van der Waals surface area contributed by atoms with Gasteiger partial charge >= 0.3 is 5.97 Å². The van der Waals surface area contributed by atoms with Gasteiger partial charge in [0.25, 0.3) is 5.91 Å². The summed E-state index contributed by atoms with van der Waals surface area (Å²) in [4.78, 5) is 26.5. The maximum atomic E-state index is 11.7. The number of nitrogens with one attached hydrogen (secondary N) is 1. The van der Waals surface area contributed by atoms with Crippen LogP contribution in [0.25, 0.3) is 0 Å². The van der Waals surface area contributed by atoms with E-state index in [9.17, 15) is 9.59 Å². The highest BCUT2D eigenvalue weighted by Crippen LogP contribution is 2.13. The van der Waals surface area contributed by atoms with Crippen molar-refractivity contribution in [3.63, 3.8) is 0 Å². The highest BCUT2D eigenvalue weighted by atomic mass is 35.5. The van der Waals surface area contributed by atoms with Crippen molar-refractivity contribution in [1.82, 2.24) is 10.3 Å². The second-order valence-electron chi connectivity index (χ2n) is 3.07. The molecule has 0 saturated carbocycles. The van der Waals surface area contributed by atoms with Crippen molar-refractivity contribution >= 4 is 23.5 Å². The monoisotopic (exact) mass is 242 g/mol. The molecule has 1 rings (SSSR count). The number of hydrogen-bond acceptors (Lipinski definition) is 4. The number of aromatic nitrogens is 1. The zero-order valence-electron chi connectivity index (χ0n) is 8.86. The van der Waals surface area contributed by atoms with Crippen LogP contribution in [0.1, 0.15) is 17.3 Å². The molecule has 0 bridgehead atoms. The zero-order chi connectivity index (χ0) is 12.1. The van der Waals surface area contributed by atoms with Gasteiger partial charge in [-0.3, -0.25) is 9.78 Å². The quantitative estimate of drug-likeness (QED) is 0.804. The molecule has 0 aliphatic heterocycles. The highest BCUT2D eigenvalue weighted by molar-refractivity contribution is 6.33. The van der Waals surface area contributed by atoms with Crippen LogP contribution < -0.4 is 5.32 Å². The summed E-state index contributed by atoms with van der Waals surface area (Å²) in [5.41, 5.74) is 0.222. The number of ether oxygens (including phenoxy) is 1. The van der Waals surface area contributed by atoms with Crippen LogP contribution in [0, 0.1) is 0 Å². The molecular formula is C10H11ClN2O3. The van der Waals surface area contributed by atoms with Crippen molar-refractivity contribution in [2.75, 3.05) is 7.11 Å². The number of rotatable bonds is 3. The first-order valence-electron chi connectivity index (χ1n) is 4.54. The number of methoxy groups -OCH3 is 1. The first-order valence-corrected chi connectivity index (χ1v) is 4.92. The number of carbonyl (C=O) groups is 2. The lowest BCUT2D eigenvalue weighted by atomic mass is 10.2. The van der Waals surface area contributed by atoms with Crippen LogP contribution >= 0.6 is 11.6 Å². The second-order valence-corrected chi connectivity index (χ2v) is 3.48. The summed E-state index contributed by atoms with van der Waals surface area (Å²) in [5, 5.41) is 2.73. The summed E-state index contributed by atoms with van der Waals surface area (Å²) in [6.07, 6.45) is 2.81. The fraction of sp³-hybridized carbons (Fsp3) is 0.300. The van der Waals surface area contributed by atoms with Crippen LogP contribution in [-0.2, 0) is 9.53 Å². The van der Waals surface area contributed by atoms with Gasteiger partial charge in [0, 0.05) is 12.4 Å². The van der Waals surface area contributed by atoms with E-state index in [-0.39, 0.29) is 10.6 Å². The van der Waals surface area contributed by atoms with Crippen LogP contribution in [0.4, 0.5) is 0 Å². The first kappa shape index (κ1) is 12.4. The standard InChI is InChI=1S/C10H11ClN2O3/c1-6(10(15)16-2)13-9(14)7-5-12-4-3-8(7)11/h3-6H,1-2H3,(H,13,14). The molecule has 1 aromatic rings. The summed E-state index contributed by atoms with van der Waals surface area (Å²) < 4.78 is 4.48. The lowest BCUT2D eigenvalue weighted by Crippen LogP contribution is -2.39. The summed E-state index contributed by atoms with van der Waals surface area (Å²) in [6.45, 7) is 1.52. The maximum Gasteiger partial charge on any atom is 0.328 e. The van der Waals surface area contributed by atoms with E-state index in [2.05, 4.69) is 15.0 Å². The zero-order valence-corrected chi connectivity index (χ0v) is 9.62. The molecule has 0 fully saturated rings. The van der Waals surface area contributed by atoms with E-state index in [1.165, 1.54) is 32.5 Å². The van der Waals surface area contributed by atoms with Crippen molar-refractivity contribution in [3.05, 3.63) is 29.0 Å². The normalized spacial score (nSPS) is 11.7. The number of nitrogens with zero attached hydrogens (tertiary/aromatic N) is 1. The van der Waals surface area contributed by atoms with Crippen molar-refractivity contribution in [2.24, 2.45) is 0 Å². The predicted molar refractivity (Wildman–Crippen MR) is 58.2 cm³/mol. The molecule has 16 heavy (non-hydrogen) atoms. The van der Waals surface area contributed by atoms with E-state index >= 15 is 0 Å². The number of carbonyl (C=O) groups excluding carboxylic acids is 2. The molecule has 0 radical (unpaired) electrons. The second kappa shape index (κ2) is 5.46. The van der Waals surface area contributed by atoms with Crippen molar-refractivity contribution < 1.29 is 14.3 Å². The smallest absolute Gasteiger partial charge is 0.328 e. The summed E-state index contributed by atoms with van der Waals surface area (Å²) in [5.74, 6) is -0.982. The third kappa shape index (κ3) is 2.93. The Kier molecular flexibility index (Phi) is 4.25. The molecule has 1 atom stereocenters. The number of pyridine rings is 1. The van der Waals surface area contributed by atoms with Crippen LogP contribution in [0.15, 0.2) is 18.5 Å². The van der Waals surface area contributed by atoms with Gasteiger partial charge in [-0.2, -0.15) is 0 Å². The first-order chi connectivity index (χ1) is 7.56. The van der Waals surface area contributed by atoms with Gasteiger partial charge in [0.2, 0.25) is 0 Å². The molecule has 1 N–H and O–H groups in total. The predicted octanol–water partition coefficient (Wildman–Crippen LogP) is 1.03. The molecule has 6 heteroatoms. The lowest BCUT2D eigenvalue weighted by Gasteiger charge is -2.11. The molecule has 1 amide bonds. The minimum absolute atomic E-state index is 0.222.